The molecule has 1 fully saturated rings. The molecule has 6 nitrogen and oxygen atoms in total. The van der Waals surface area contributed by atoms with Crippen LogP contribution in [0.1, 0.15) is 48.8 Å². The minimum Gasteiger partial charge on any atom is -0.381 e. The molecule has 25 heavy (non-hydrogen) atoms. The topological polar surface area (TPSA) is 60.2 Å². The summed E-state index contributed by atoms with van der Waals surface area (Å²) in [6.45, 7) is 6.81. The summed E-state index contributed by atoms with van der Waals surface area (Å²) >= 11 is 0. The fourth-order valence-electron chi connectivity index (χ4n) is 2.92. The first-order valence-electron chi connectivity index (χ1n) is 8.56. The van der Waals surface area contributed by atoms with E-state index in [0.717, 1.165) is 0 Å². The van der Waals surface area contributed by atoms with Gasteiger partial charge in [-0.1, -0.05) is 11.3 Å². The number of nitrogens with zero attached hydrogens (tertiary/aromatic N) is 4. The predicted molar refractivity (Wildman–Crippen MR) is 92.2 cm³/mol. The minimum atomic E-state index is -0.326. The number of ether oxygens (including phenoxy) is 1. The summed E-state index contributed by atoms with van der Waals surface area (Å²) in [4.78, 5) is 14.8. The molecule has 0 N–H and O–H groups in total. The van der Waals surface area contributed by atoms with Gasteiger partial charge < -0.3 is 9.64 Å². The highest BCUT2D eigenvalue weighted by Gasteiger charge is 2.30. The van der Waals surface area contributed by atoms with E-state index in [4.69, 9.17) is 4.74 Å². The summed E-state index contributed by atoms with van der Waals surface area (Å²) in [5.74, 6) is -0.588. The van der Waals surface area contributed by atoms with Gasteiger partial charge in [-0.15, -0.1) is 5.10 Å². The number of aromatic nitrogens is 3. The van der Waals surface area contributed by atoms with Crippen LogP contribution in [0.2, 0.25) is 0 Å². The average molecular weight is 346 g/mol. The van der Waals surface area contributed by atoms with Crippen LogP contribution in [0.15, 0.2) is 24.4 Å². The molecular weight excluding hydrogens is 323 g/mol. The molecule has 1 aromatic heterocycles. The number of benzene rings is 1. The molecule has 0 bridgehead atoms. The van der Waals surface area contributed by atoms with E-state index in [1.54, 1.807) is 34.8 Å². The number of anilines is 1. The molecule has 0 atom stereocenters. The second-order valence-corrected chi connectivity index (χ2v) is 6.63. The number of aryl methyl sites for hydroxylation is 1. The Balaban J connectivity index is 1.97. The van der Waals surface area contributed by atoms with E-state index in [0.29, 0.717) is 37.3 Å². The van der Waals surface area contributed by atoms with Gasteiger partial charge in [0.05, 0.1) is 6.20 Å². The summed E-state index contributed by atoms with van der Waals surface area (Å²) in [6, 6.07) is 4.94. The molecule has 1 aliphatic rings. The van der Waals surface area contributed by atoms with Gasteiger partial charge in [-0.25, -0.2) is 9.07 Å². The van der Waals surface area contributed by atoms with E-state index in [1.165, 1.54) is 6.07 Å². The lowest BCUT2D eigenvalue weighted by atomic mass is 10.0. The summed E-state index contributed by atoms with van der Waals surface area (Å²) in [7, 11) is 0. The number of amides is 1. The van der Waals surface area contributed by atoms with Gasteiger partial charge in [0.2, 0.25) is 0 Å². The van der Waals surface area contributed by atoms with E-state index in [9.17, 15) is 9.18 Å². The third-order valence-electron chi connectivity index (χ3n) is 4.47. The van der Waals surface area contributed by atoms with E-state index < -0.39 is 0 Å². The highest BCUT2D eigenvalue weighted by molar-refractivity contribution is 6.05. The van der Waals surface area contributed by atoms with Crippen molar-refractivity contribution in [3.8, 4) is 0 Å². The van der Waals surface area contributed by atoms with E-state index in [-0.39, 0.29) is 29.5 Å². The van der Waals surface area contributed by atoms with Crippen LogP contribution in [-0.2, 0) is 4.74 Å². The minimum absolute atomic E-state index is 0.0486. The SMILES string of the molecule is Cc1ccc(N(C(=O)c2cn(C(C)C)nn2)C2CCOCC2)cc1F. The van der Waals surface area contributed by atoms with Gasteiger partial charge in [0, 0.05) is 31.0 Å². The molecule has 1 aromatic carbocycles. The summed E-state index contributed by atoms with van der Waals surface area (Å²) in [5, 5.41) is 8.03. The average Bonchev–Trinajstić information content (AvgIpc) is 3.09. The number of hydrogen-bond acceptors (Lipinski definition) is 4. The van der Waals surface area contributed by atoms with Crippen LogP contribution in [0.25, 0.3) is 0 Å². The van der Waals surface area contributed by atoms with Gasteiger partial charge in [-0.2, -0.15) is 0 Å². The van der Waals surface area contributed by atoms with Crippen LogP contribution in [0.4, 0.5) is 10.1 Å². The monoisotopic (exact) mass is 346 g/mol. The Labute approximate surface area is 146 Å². The van der Waals surface area contributed by atoms with Crippen molar-refractivity contribution in [2.24, 2.45) is 0 Å². The largest absolute Gasteiger partial charge is 0.381 e. The van der Waals surface area contributed by atoms with Gasteiger partial charge in [-0.05, 0) is 51.3 Å². The molecule has 0 unspecified atom stereocenters. The maximum absolute atomic E-state index is 14.1. The van der Waals surface area contributed by atoms with Crippen LogP contribution < -0.4 is 4.90 Å². The van der Waals surface area contributed by atoms with Gasteiger partial charge in [0.1, 0.15) is 5.82 Å². The second kappa shape index (κ2) is 7.31. The molecule has 1 aliphatic heterocycles. The molecule has 0 aliphatic carbocycles. The Bertz CT molecular complexity index is 753. The summed E-state index contributed by atoms with van der Waals surface area (Å²) in [6.07, 6.45) is 3.06. The van der Waals surface area contributed by atoms with Crippen LogP contribution in [-0.4, -0.2) is 40.2 Å². The number of carbonyl (C=O) groups is 1. The van der Waals surface area contributed by atoms with Crippen LogP contribution in [0.3, 0.4) is 0 Å². The predicted octanol–water partition coefficient (Wildman–Crippen LogP) is 3.13. The standard InChI is InChI=1S/C18H23FN4O2/c1-12(2)22-11-17(20-21-22)18(24)23(14-6-8-25-9-7-14)15-5-4-13(3)16(19)10-15/h4-5,10-12,14H,6-9H2,1-3H3. The van der Waals surface area contributed by atoms with Crippen molar-refractivity contribution in [2.75, 3.05) is 18.1 Å². The lowest BCUT2D eigenvalue weighted by Crippen LogP contribution is -2.44. The number of hydrogen-bond donors (Lipinski definition) is 0. The number of carbonyl (C=O) groups excluding carboxylic acids is 1. The zero-order chi connectivity index (χ0) is 18.0. The Kier molecular flexibility index (Phi) is 5.13. The zero-order valence-corrected chi connectivity index (χ0v) is 14.8. The fraction of sp³-hybridized carbons (Fsp3) is 0.500. The fourth-order valence-corrected chi connectivity index (χ4v) is 2.92. The molecule has 7 heteroatoms. The van der Waals surface area contributed by atoms with E-state index >= 15 is 0 Å². The highest BCUT2D eigenvalue weighted by Crippen LogP contribution is 2.26. The van der Waals surface area contributed by atoms with Crippen molar-refractivity contribution < 1.29 is 13.9 Å². The lowest BCUT2D eigenvalue weighted by Gasteiger charge is -2.34. The first kappa shape index (κ1) is 17.5. The molecule has 1 amide bonds. The van der Waals surface area contributed by atoms with Crippen molar-refractivity contribution in [1.29, 1.82) is 0 Å². The molecule has 2 heterocycles. The normalized spacial score (nSPS) is 15.6. The quantitative estimate of drug-likeness (QED) is 0.853. The van der Waals surface area contributed by atoms with Gasteiger partial charge in [-0.3, -0.25) is 4.79 Å². The Morgan fingerprint density at radius 2 is 2.08 bits per heavy atom. The van der Waals surface area contributed by atoms with Crippen molar-refractivity contribution in [3.63, 3.8) is 0 Å². The van der Waals surface area contributed by atoms with Crippen LogP contribution in [0.5, 0.6) is 0 Å². The lowest BCUT2D eigenvalue weighted by molar-refractivity contribution is 0.0770. The number of rotatable bonds is 4. The van der Waals surface area contributed by atoms with E-state index in [2.05, 4.69) is 10.3 Å². The molecule has 1 saturated heterocycles. The Morgan fingerprint density at radius 1 is 1.36 bits per heavy atom. The zero-order valence-electron chi connectivity index (χ0n) is 14.8. The molecule has 0 radical (unpaired) electrons. The third-order valence-corrected chi connectivity index (χ3v) is 4.47. The van der Waals surface area contributed by atoms with E-state index in [1.807, 2.05) is 13.8 Å². The molecule has 0 spiro atoms. The first-order valence-corrected chi connectivity index (χ1v) is 8.56. The number of halogens is 1. The molecule has 134 valence electrons. The molecular formula is C18H23FN4O2. The van der Waals surface area contributed by atoms with Crippen LogP contribution in [0, 0.1) is 12.7 Å². The van der Waals surface area contributed by atoms with Crippen molar-refractivity contribution in [1.82, 2.24) is 15.0 Å². The Morgan fingerprint density at radius 3 is 2.68 bits per heavy atom. The van der Waals surface area contributed by atoms with Gasteiger partial charge >= 0.3 is 0 Å². The maximum Gasteiger partial charge on any atom is 0.280 e. The van der Waals surface area contributed by atoms with Crippen LogP contribution >= 0.6 is 0 Å². The molecule has 3 rings (SSSR count). The third kappa shape index (κ3) is 3.71. The van der Waals surface area contributed by atoms with Gasteiger partial charge in [0.25, 0.3) is 5.91 Å². The summed E-state index contributed by atoms with van der Waals surface area (Å²) in [5.41, 5.74) is 1.36. The second-order valence-electron chi connectivity index (χ2n) is 6.63. The van der Waals surface area contributed by atoms with Crippen molar-refractivity contribution >= 4 is 11.6 Å². The Hall–Kier alpha value is -2.28. The summed E-state index contributed by atoms with van der Waals surface area (Å²) < 4.78 is 21.1. The van der Waals surface area contributed by atoms with Gasteiger partial charge in [0.15, 0.2) is 5.69 Å². The molecule has 0 saturated carbocycles. The maximum atomic E-state index is 14.1. The molecule has 2 aromatic rings. The van der Waals surface area contributed by atoms with Crippen molar-refractivity contribution in [2.45, 2.75) is 45.7 Å². The highest BCUT2D eigenvalue weighted by atomic mass is 19.1. The first-order chi connectivity index (χ1) is 12.0. The smallest absolute Gasteiger partial charge is 0.280 e. The van der Waals surface area contributed by atoms with Crippen molar-refractivity contribution in [3.05, 3.63) is 41.5 Å².